The smallest absolute Gasteiger partial charge is 0.223 e. The van der Waals surface area contributed by atoms with Gasteiger partial charge in [0.15, 0.2) is 0 Å². The van der Waals surface area contributed by atoms with E-state index in [0.29, 0.717) is 17.4 Å². The number of halogens is 3. The summed E-state index contributed by atoms with van der Waals surface area (Å²) in [6.45, 7) is 2.11. The first-order chi connectivity index (χ1) is 12.6. The van der Waals surface area contributed by atoms with E-state index in [9.17, 15) is 4.79 Å². The first-order valence-electron chi connectivity index (χ1n) is 9.13. The molecule has 28 heavy (non-hydrogen) atoms. The minimum absolute atomic E-state index is 0. The van der Waals surface area contributed by atoms with E-state index in [1.165, 1.54) is 0 Å². The van der Waals surface area contributed by atoms with Gasteiger partial charge in [-0.1, -0.05) is 23.7 Å². The summed E-state index contributed by atoms with van der Waals surface area (Å²) >= 11 is 6.03. The van der Waals surface area contributed by atoms with Crippen molar-refractivity contribution in [3.8, 4) is 0 Å². The van der Waals surface area contributed by atoms with Gasteiger partial charge in [0.1, 0.15) is 6.04 Å². The standard InChI is InChI=1S/C20H25ClN4O.2ClH/c1-25(19(26)7-2-15-8-10-22-11-9-15)20(18-14-23-12-13-24-18)16-3-5-17(21)6-4-16;;/h3-6,12-15,20,22H,2,7-11H2,1H3;2*1H. The SMILES string of the molecule is CN(C(=O)CCC1CCNCC1)C(c1ccc(Cl)cc1)c1cnccn1.Cl.Cl. The summed E-state index contributed by atoms with van der Waals surface area (Å²) in [4.78, 5) is 23.3. The molecule has 2 heterocycles. The van der Waals surface area contributed by atoms with Gasteiger partial charge in [0.05, 0.1) is 11.9 Å². The van der Waals surface area contributed by atoms with Crippen LogP contribution in [0, 0.1) is 5.92 Å². The third-order valence-corrected chi connectivity index (χ3v) is 5.31. The number of carbonyl (C=O) groups is 1. The van der Waals surface area contributed by atoms with Gasteiger partial charge in [-0.3, -0.25) is 14.8 Å². The van der Waals surface area contributed by atoms with Crippen LogP contribution in [0.15, 0.2) is 42.9 Å². The zero-order valence-electron chi connectivity index (χ0n) is 15.9. The topological polar surface area (TPSA) is 58.1 Å². The van der Waals surface area contributed by atoms with Crippen LogP contribution in [-0.2, 0) is 4.79 Å². The highest BCUT2D eigenvalue weighted by atomic mass is 35.5. The molecule has 1 saturated heterocycles. The lowest BCUT2D eigenvalue weighted by molar-refractivity contribution is -0.131. The fourth-order valence-corrected chi connectivity index (χ4v) is 3.63. The second-order valence-electron chi connectivity index (χ2n) is 6.82. The molecule has 1 unspecified atom stereocenters. The van der Waals surface area contributed by atoms with Gasteiger partial charge in [0.25, 0.3) is 0 Å². The Morgan fingerprint density at radius 2 is 1.89 bits per heavy atom. The van der Waals surface area contributed by atoms with Gasteiger partial charge < -0.3 is 10.2 Å². The maximum atomic E-state index is 12.9. The fourth-order valence-electron chi connectivity index (χ4n) is 3.51. The summed E-state index contributed by atoms with van der Waals surface area (Å²) < 4.78 is 0. The van der Waals surface area contributed by atoms with Crippen molar-refractivity contribution >= 4 is 42.3 Å². The molecule has 1 atom stereocenters. The van der Waals surface area contributed by atoms with Gasteiger partial charge >= 0.3 is 0 Å². The fraction of sp³-hybridized carbons (Fsp3) is 0.450. The van der Waals surface area contributed by atoms with Gasteiger partial charge in [-0.2, -0.15) is 0 Å². The Balaban J connectivity index is 0.00000196. The number of carbonyl (C=O) groups excluding carboxylic acids is 1. The molecule has 1 aromatic carbocycles. The summed E-state index contributed by atoms with van der Waals surface area (Å²) in [5, 5.41) is 4.04. The molecule has 0 aliphatic carbocycles. The molecule has 1 N–H and O–H groups in total. The molecule has 0 saturated carbocycles. The molecule has 1 fully saturated rings. The quantitative estimate of drug-likeness (QED) is 0.720. The molecule has 1 aliphatic heterocycles. The number of aromatic nitrogens is 2. The van der Waals surface area contributed by atoms with Crippen molar-refractivity contribution in [1.82, 2.24) is 20.2 Å². The minimum atomic E-state index is -0.263. The lowest BCUT2D eigenvalue weighted by Crippen LogP contribution is -2.33. The third kappa shape index (κ3) is 6.59. The number of nitrogens with one attached hydrogen (secondary N) is 1. The Bertz CT molecular complexity index is 709. The Morgan fingerprint density at radius 1 is 1.21 bits per heavy atom. The summed E-state index contributed by atoms with van der Waals surface area (Å²) in [5.41, 5.74) is 1.74. The van der Waals surface area contributed by atoms with Crippen molar-refractivity contribution in [3.05, 3.63) is 59.1 Å². The first-order valence-corrected chi connectivity index (χ1v) is 9.50. The lowest BCUT2D eigenvalue weighted by Gasteiger charge is -2.29. The van der Waals surface area contributed by atoms with E-state index in [1.54, 1.807) is 23.5 Å². The molecule has 2 aromatic rings. The molecule has 0 bridgehead atoms. The number of amides is 1. The Morgan fingerprint density at radius 3 is 2.50 bits per heavy atom. The van der Waals surface area contributed by atoms with Crippen molar-refractivity contribution in [3.63, 3.8) is 0 Å². The van der Waals surface area contributed by atoms with Gasteiger partial charge in [-0.15, -0.1) is 24.8 Å². The third-order valence-electron chi connectivity index (χ3n) is 5.05. The lowest BCUT2D eigenvalue weighted by atomic mass is 9.92. The van der Waals surface area contributed by atoms with E-state index in [1.807, 2.05) is 31.3 Å². The summed E-state index contributed by atoms with van der Waals surface area (Å²) in [7, 11) is 1.85. The van der Waals surface area contributed by atoms with E-state index in [2.05, 4.69) is 15.3 Å². The van der Waals surface area contributed by atoms with Gasteiger partial charge in [0, 0.05) is 30.9 Å². The van der Waals surface area contributed by atoms with Gasteiger partial charge in [0.2, 0.25) is 5.91 Å². The second-order valence-corrected chi connectivity index (χ2v) is 7.26. The Labute approximate surface area is 184 Å². The van der Waals surface area contributed by atoms with Crippen LogP contribution in [0.2, 0.25) is 5.02 Å². The van der Waals surface area contributed by atoms with E-state index in [4.69, 9.17) is 11.6 Å². The van der Waals surface area contributed by atoms with Crippen LogP contribution in [0.1, 0.15) is 43.0 Å². The van der Waals surface area contributed by atoms with Crippen LogP contribution >= 0.6 is 36.4 Å². The van der Waals surface area contributed by atoms with Crippen LogP contribution in [0.5, 0.6) is 0 Å². The molecular weight excluding hydrogens is 419 g/mol. The number of nitrogens with zero attached hydrogens (tertiary/aromatic N) is 3. The Kier molecular flexibility index (Phi) is 10.8. The maximum absolute atomic E-state index is 12.9. The van der Waals surface area contributed by atoms with Gasteiger partial charge in [-0.25, -0.2) is 0 Å². The van der Waals surface area contributed by atoms with Crippen LogP contribution in [0.25, 0.3) is 0 Å². The van der Waals surface area contributed by atoms with E-state index >= 15 is 0 Å². The molecule has 0 radical (unpaired) electrons. The molecule has 154 valence electrons. The van der Waals surface area contributed by atoms with Crippen LogP contribution < -0.4 is 5.32 Å². The van der Waals surface area contributed by atoms with Crippen molar-refractivity contribution in [2.24, 2.45) is 5.92 Å². The number of hydrogen-bond acceptors (Lipinski definition) is 4. The normalized spacial score (nSPS) is 15.1. The average Bonchev–Trinajstić information content (AvgIpc) is 2.69. The molecule has 1 aromatic heterocycles. The largest absolute Gasteiger partial charge is 0.333 e. The molecule has 5 nitrogen and oxygen atoms in total. The molecule has 0 spiro atoms. The van der Waals surface area contributed by atoms with E-state index in [0.717, 1.165) is 43.6 Å². The van der Waals surface area contributed by atoms with Gasteiger partial charge in [-0.05, 0) is 56.0 Å². The summed E-state index contributed by atoms with van der Waals surface area (Å²) in [5.74, 6) is 0.772. The maximum Gasteiger partial charge on any atom is 0.223 e. The van der Waals surface area contributed by atoms with Crippen LogP contribution in [-0.4, -0.2) is 40.9 Å². The molecular formula is C20H27Cl3N4O. The van der Waals surface area contributed by atoms with Crippen LogP contribution in [0.3, 0.4) is 0 Å². The highest BCUT2D eigenvalue weighted by Crippen LogP contribution is 2.28. The zero-order chi connectivity index (χ0) is 18.4. The predicted octanol–water partition coefficient (Wildman–Crippen LogP) is 4.30. The number of rotatable bonds is 6. The second kappa shape index (κ2) is 12.2. The minimum Gasteiger partial charge on any atom is -0.333 e. The highest BCUT2D eigenvalue weighted by Gasteiger charge is 2.25. The first kappa shape index (κ1) is 24.6. The Hall–Kier alpha value is -1.40. The number of hydrogen-bond donors (Lipinski definition) is 1. The van der Waals surface area contributed by atoms with Crippen molar-refractivity contribution in [2.45, 2.75) is 31.7 Å². The molecule has 3 rings (SSSR count). The molecule has 8 heteroatoms. The van der Waals surface area contributed by atoms with E-state index < -0.39 is 0 Å². The number of benzene rings is 1. The molecule has 1 amide bonds. The van der Waals surface area contributed by atoms with Crippen molar-refractivity contribution < 1.29 is 4.79 Å². The van der Waals surface area contributed by atoms with Crippen LogP contribution in [0.4, 0.5) is 0 Å². The number of piperidine rings is 1. The summed E-state index contributed by atoms with van der Waals surface area (Å²) in [6.07, 6.45) is 8.83. The molecule has 1 aliphatic rings. The highest BCUT2D eigenvalue weighted by molar-refractivity contribution is 6.30. The predicted molar refractivity (Wildman–Crippen MR) is 117 cm³/mol. The average molecular weight is 446 g/mol. The van der Waals surface area contributed by atoms with Crippen molar-refractivity contribution in [2.75, 3.05) is 20.1 Å². The monoisotopic (exact) mass is 444 g/mol. The zero-order valence-corrected chi connectivity index (χ0v) is 18.3. The van der Waals surface area contributed by atoms with E-state index in [-0.39, 0.29) is 36.8 Å². The van der Waals surface area contributed by atoms with Crippen molar-refractivity contribution in [1.29, 1.82) is 0 Å². The summed E-state index contributed by atoms with van der Waals surface area (Å²) in [6, 6.07) is 7.30.